The zero-order chi connectivity index (χ0) is 20.5. The van der Waals surface area contributed by atoms with E-state index in [1.54, 1.807) is 6.07 Å². The third kappa shape index (κ3) is 4.75. The van der Waals surface area contributed by atoms with Crippen LogP contribution >= 0.6 is 0 Å². The number of aryl methyl sites for hydroxylation is 2. The summed E-state index contributed by atoms with van der Waals surface area (Å²) in [6.07, 6.45) is 1.22. The Labute approximate surface area is 169 Å². The van der Waals surface area contributed by atoms with Gasteiger partial charge in [0.15, 0.2) is 0 Å². The van der Waals surface area contributed by atoms with Gasteiger partial charge in [-0.05, 0) is 49.3 Å². The summed E-state index contributed by atoms with van der Waals surface area (Å²) in [4.78, 5) is 17.2. The number of benzene rings is 1. The lowest BCUT2D eigenvalue weighted by Gasteiger charge is -2.38. The van der Waals surface area contributed by atoms with Gasteiger partial charge in [-0.1, -0.05) is 26.0 Å². The molecular weight excluding hydrogens is 374 g/mol. The average molecular weight is 408 g/mol. The second-order valence-electron chi connectivity index (χ2n) is 8.69. The van der Waals surface area contributed by atoms with E-state index >= 15 is 0 Å². The van der Waals surface area contributed by atoms with Crippen molar-refractivity contribution < 1.29 is 13.2 Å². The molecule has 1 aromatic rings. The Morgan fingerprint density at radius 2 is 1.64 bits per heavy atom. The summed E-state index contributed by atoms with van der Waals surface area (Å²) in [7, 11) is -3.52. The summed E-state index contributed by atoms with van der Waals surface area (Å²) in [6.45, 7) is 12.2. The van der Waals surface area contributed by atoms with Crippen LogP contribution in [0.5, 0.6) is 0 Å². The van der Waals surface area contributed by atoms with Crippen LogP contribution in [0.2, 0.25) is 0 Å². The molecule has 2 heterocycles. The van der Waals surface area contributed by atoms with E-state index in [-0.39, 0.29) is 5.91 Å². The number of hydrogen-bond donors (Lipinski definition) is 0. The molecule has 0 bridgehead atoms. The summed E-state index contributed by atoms with van der Waals surface area (Å²) in [5.41, 5.74) is 1.69. The number of piperidine rings is 1. The molecule has 156 valence electrons. The standard InChI is InChI=1S/C21H33N3O3S/c1-16-5-6-19(4)20(12-16)28(26,27)24-9-7-23(8-10-24)21(25)15-22-13-17(2)11-18(3)14-22/h5-6,12,17-18H,7-11,13-15H2,1-4H3/t17-,18+. The van der Waals surface area contributed by atoms with Gasteiger partial charge in [0, 0.05) is 39.3 Å². The van der Waals surface area contributed by atoms with Crippen LogP contribution in [-0.2, 0) is 14.8 Å². The second-order valence-corrected chi connectivity index (χ2v) is 10.6. The van der Waals surface area contributed by atoms with Crippen LogP contribution < -0.4 is 0 Å². The molecule has 2 aliphatic rings. The number of amides is 1. The molecule has 7 heteroatoms. The van der Waals surface area contributed by atoms with Gasteiger partial charge in [0.2, 0.25) is 15.9 Å². The van der Waals surface area contributed by atoms with Crippen molar-refractivity contribution in [3.05, 3.63) is 29.3 Å². The summed E-state index contributed by atoms with van der Waals surface area (Å²) in [6, 6.07) is 5.51. The maximum absolute atomic E-state index is 13.0. The topological polar surface area (TPSA) is 60.9 Å². The van der Waals surface area contributed by atoms with Crippen molar-refractivity contribution in [1.82, 2.24) is 14.1 Å². The first-order valence-electron chi connectivity index (χ1n) is 10.2. The highest BCUT2D eigenvalue weighted by Crippen LogP contribution is 2.23. The van der Waals surface area contributed by atoms with E-state index < -0.39 is 10.0 Å². The molecule has 2 fully saturated rings. The minimum absolute atomic E-state index is 0.116. The largest absolute Gasteiger partial charge is 0.339 e. The molecule has 28 heavy (non-hydrogen) atoms. The molecule has 0 radical (unpaired) electrons. The fourth-order valence-corrected chi connectivity index (χ4v) is 6.25. The van der Waals surface area contributed by atoms with Gasteiger partial charge in [-0.15, -0.1) is 0 Å². The third-order valence-corrected chi connectivity index (χ3v) is 7.90. The monoisotopic (exact) mass is 407 g/mol. The molecule has 2 aliphatic heterocycles. The lowest BCUT2D eigenvalue weighted by molar-refractivity contribution is -0.134. The zero-order valence-corrected chi connectivity index (χ0v) is 18.3. The van der Waals surface area contributed by atoms with Crippen molar-refractivity contribution in [1.29, 1.82) is 0 Å². The van der Waals surface area contributed by atoms with E-state index in [9.17, 15) is 13.2 Å². The Morgan fingerprint density at radius 1 is 1.04 bits per heavy atom. The van der Waals surface area contributed by atoms with Crippen LogP contribution in [0.1, 0.15) is 31.4 Å². The third-order valence-electron chi connectivity index (χ3n) is 5.86. The fraction of sp³-hybridized carbons (Fsp3) is 0.667. The maximum atomic E-state index is 13.0. The minimum atomic E-state index is -3.52. The van der Waals surface area contributed by atoms with E-state index in [0.29, 0.717) is 49.5 Å². The van der Waals surface area contributed by atoms with Crippen LogP contribution in [-0.4, -0.2) is 74.2 Å². The smallest absolute Gasteiger partial charge is 0.243 e. The van der Waals surface area contributed by atoms with E-state index in [1.807, 2.05) is 30.9 Å². The maximum Gasteiger partial charge on any atom is 0.243 e. The molecule has 0 spiro atoms. The molecule has 0 N–H and O–H groups in total. The van der Waals surface area contributed by atoms with Gasteiger partial charge in [-0.3, -0.25) is 9.69 Å². The van der Waals surface area contributed by atoms with E-state index in [0.717, 1.165) is 24.2 Å². The Hall–Kier alpha value is -1.44. The van der Waals surface area contributed by atoms with Crippen molar-refractivity contribution in [2.45, 2.75) is 39.0 Å². The van der Waals surface area contributed by atoms with Gasteiger partial charge >= 0.3 is 0 Å². The number of hydrogen-bond acceptors (Lipinski definition) is 4. The van der Waals surface area contributed by atoms with E-state index in [2.05, 4.69) is 18.7 Å². The molecule has 0 unspecified atom stereocenters. The van der Waals surface area contributed by atoms with Gasteiger partial charge in [0.1, 0.15) is 0 Å². The number of carbonyl (C=O) groups is 1. The molecule has 0 saturated carbocycles. The van der Waals surface area contributed by atoms with Crippen LogP contribution in [0.3, 0.4) is 0 Å². The quantitative estimate of drug-likeness (QED) is 0.767. The molecule has 2 atom stereocenters. The van der Waals surface area contributed by atoms with Gasteiger partial charge in [0.25, 0.3) is 0 Å². The van der Waals surface area contributed by atoms with Crippen molar-refractivity contribution in [2.75, 3.05) is 45.8 Å². The van der Waals surface area contributed by atoms with Crippen molar-refractivity contribution in [3.8, 4) is 0 Å². The number of sulfonamides is 1. The van der Waals surface area contributed by atoms with Crippen molar-refractivity contribution >= 4 is 15.9 Å². The summed E-state index contributed by atoms with van der Waals surface area (Å²) in [5, 5.41) is 0. The number of piperazine rings is 1. The first-order chi connectivity index (χ1) is 13.2. The number of rotatable bonds is 4. The first kappa shape index (κ1) is 21.3. The Balaban J connectivity index is 1.59. The number of carbonyl (C=O) groups excluding carboxylic acids is 1. The molecule has 0 aliphatic carbocycles. The van der Waals surface area contributed by atoms with Gasteiger partial charge in [-0.25, -0.2) is 8.42 Å². The van der Waals surface area contributed by atoms with Gasteiger partial charge in [-0.2, -0.15) is 4.31 Å². The summed E-state index contributed by atoms with van der Waals surface area (Å²) in [5.74, 6) is 1.36. The highest BCUT2D eigenvalue weighted by molar-refractivity contribution is 7.89. The molecular formula is C21H33N3O3S. The fourth-order valence-electron chi connectivity index (χ4n) is 4.51. The highest BCUT2D eigenvalue weighted by atomic mass is 32.2. The number of nitrogens with zero attached hydrogens (tertiary/aromatic N) is 3. The zero-order valence-electron chi connectivity index (χ0n) is 17.5. The predicted molar refractivity (Wildman–Crippen MR) is 111 cm³/mol. The Bertz CT molecular complexity index is 806. The minimum Gasteiger partial charge on any atom is -0.339 e. The molecule has 0 aromatic heterocycles. The van der Waals surface area contributed by atoms with Crippen molar-refractivity contribution in [3.63, 3.8) is 0 Å². The van der Waals surface area contributed by atoms with Crippen LogP contribution in [0.25, 0.3) is 0 Å². The summed E-state index contributed by atoms with van der Waals surface area (Å²) >= 11 is 0. The van der Waals surface area contributed by atoms with E-state index in [1.165, 1.54) is 10.7 Å². The second kappa shape index (κ2) is 8.51. The van der Waals surface area contributed by atoms with Crippen LogP contribution in [0, 0.1) is 25.7 Å². The van der Waals surface area contributed by atoms with Gasteiger partial charge in [0.05, 0.1) is 11.4 Å². The highest BCUT2D eigenvalue weighted by Gasteiger charge is 2.32. The lowest BCUT2D eigenvalue weighted by atomic mass is 9.92. The molecule has 1 amide bonds. The normalized spacial score (nSPS) is 25.1. The van der Waals surface area contributed by atoms with E-state index in [4.69, 9.17) is 0 Å². The Morgan fingerprint density at radius 3 is 2.25 bits per heavy atom. The van der Waals surface area contributed by atoms with Crippen LogP contribution in [0.15, 0.2) is 23.1 Å². The van der Waals surface area contributed by atoms with Crippen molar-refractivity contribution in [2.24, 2.45) is 11.8 Å². The number of likely N-dealkylation sites (tertiary alicyclic amines) is 1. The van der Waals surface area contributed by atoms with Gasteiger partial charge < -0.3 is 4.90 Å². The Kier molecular flexibility index (Phi) is 6.47. The first-order valence-corrected chi connectivity index (χ1v) is 11.7. The predicted octanol–water partition coefficient (Wildman–Crippen LogP) is 2.11. The molecule has 2 saturated heterocycles. The molecule has 3 rings (SSSR count). The average Bonchev–Trinajstić information content (AvgIpc) is 2.63. The molecule has 1 aromatic carbocycles. The van der Waals surface area contributed by atoms with Crippen LogP contribution in [0.4, 0.5) is 0 Å². The molecule has 6 nitrogen and oxygen atoms in total. The lowest BCUT2D eigenvalue weighted by Crippen LogP contribution is -2.53. The SMILES string of the molecule is Cc1ccc(C)c(S(=O)(=O)N2CCN(C(=O)CN3C[C@H](C)C[C@H](C)C3)CC2)c1. The summed E-state index contributed by atoms with van der Waals surface area (Å²) < 4.78 is 27.6.